The van der Waals surface area contributed by atoms with E-state index in [-0.39, 0.29) is 6.03 Å². The molecular weight excluding hydrogens is 247 g/mol. The van der Waals surface area contributed by atoms with E-state index in [1.165, 1.54) is 6.42 Å². The fourth-order valence-electron chi connectivity index (χ4n) is 1.48. The highest BCUT2D eigenvalue weighted by atomic mass is 35.5. The Hall–Kier alpha value is -0.930. The maximum absolute atomic E-state index is 11.5. The van der Waals surface area contributed by atoms with Crippen LogP contribution in [0, 0.1) is 0 Å². The van der Waals surface area contributed by atoms with Crippen LogP contribution in [0.5, 0.6) is 0 Å². The van der Waals surface area contributed by atoms with Crippen LogP contribution in [0.3, 0.4) is 0 Å². The summed E-state index contributed by atoms with van der Waals surface area (Å²) in [6, 6.07) is 5.13. The molecule has 1 aromatic carbocycles. The van der Waals surface area contributed by atoms with Crippen molar-refractivity contribution >= 4 is 34.9 Å². The van der Waals surface area contributed by atoms with E-state index in [2.05, 4.69) is 10.6 Å². The van der Waals surface area contributed by atoms with Crippen molar-refractivity contribution < 1.29 is 4.79 Å². The van der Waals surface area contributed by atoms with E-state index in [1.807, 2.05) is 0 Å². The third-order valence-electron chi connectivity index (χ3n) is 2.62. The van der Waals surface area contributed by atoms with Crippen molar-refractivity contribution in [2.75, 3.05) is 5.32 Å². The number of benzene rings is 1. The van der Waals surface area contributed by atoms with Crippen LogP contribution in [-0.4, -0.2) is 12.1 Å². The lowest BCUT2D eigenvalue weighted by molar-refractivity contribution is 0.240. The predicted molar refractivity (Wildman–Crippen MR) is 66.3 cm³/mol. The second-order valence-electron chi connectivity index (χ2n) is 3.86. The number of halogens is 2. The molecule has 1 fully saturated rings. The Morgan fingerprint density at radius 1 is 1.25 bits per heavy atom. The topological polar surface area (TPSA) is 41.1 Å². The Morgan fingerprint density at radius 3 is 2.56 bits per heavy atom. The molecule has 0 aliphatic heterocycles. The second kappa shape index (κ2) is 4.93. The third kappa shape index (κ3) is 2.80. The zero-order chi connectivity index (χ0) is 11.5. The first-order valence-electron chi connectivity index (χ1n) is 5.18. The zero-order valence-electron chi connectivity index (χ0n) is 8.59. The fourth-order valence-corrected chi connectivity index (χ4v) is 1.78. The molecule has 0 bridgehead atoms. The highest BCUT2D eigenvalue weighted by molar-refractivity contribution is 6.42. The lowest BCUT2D eigenvalue weighted by Gasteiger charge is -2.26. The summed E-state index contributed by atoms with van der Waals surface area (Å²) in [5.41, 5.74) is 0.645. The summed E-state index contributed by atoms with van der Waals surface area (Å²) in [5.74, 6) is 0. The van der Waals surface area contributed by atoms with Crippen molar-refractivity contribution in [3.05, 3.63) is 28.2 Å². The summed E-state index contributed by atoms with van der Waals surface area (Å²) >= 11 is 11.6. The Labute approximate surface area is 104 Å². The molecule has 16 heavy (non-hydrogen) atoms. The molecule has 0 heterocycles. The minimum atomic E-state index is -0.192. The number of anilines is 1. The van der Waals surface area contributed by atoms with Gasteiger partial charge in [0.2, 0.25) is 0 Å². The molecule has 0 radical (unpaired) electrons. The lowest BCUT2D eigenvalue weighted by atomic mass is 9.93. The minimum Gasteiger partial charge on any atom is -0.335 e. The monoisotopic (exact) mass is 258 g/mol. The summed E-state index contributed by atoms with van der Waals surface area (Å²) in [4.78, 5) is 11.5. The van der Waals surface area contributed by atoms with Gasteiger partial charge in [-0.2, -0.15) is 0 Å². The van der Waals surface area contributed by atoms with Crippen molar-refractivity contribution in [1.82, 2.24) is 5.32 Å². The Kier molecular flexibility index (Phi) is 3.56. The first-order valence-corrected chi connectivity index (χ1v) is 5.93. The molecule has 86 valence electrons. The van der Waals surface area contributed by atoms with Gasteiger partial charge in [0.05, 0.1) is 10.0 Å². The van der Waals surface area contributed by atoms with Gasteiger partial charge in [0.15, 0.2) is 0 Å². The van der Waals surface area contributed by atoms with Gasteiger partial charge in [-0.25, -0.2) is 4.79 Å². The Morgan fingerprint density at radius 2 is 2.00 bits per heavy atom. The highest BCUT2D eigenvalue weighted by Gasteiger charge is 2.19. The molecule has 1 aliphatic carbocycles. The fraction of sp³-hybridized carbons (Fsp3) is 0.364. The molecule has 2 amide bonds. The molecule has 0 aromatic heterocycles. The summed E-state index contributed by atoms with van der Waals surface area (Å²) in [5, 5.41) is 6.50. The van der Waals surface area contributed by atoms with Gasteiger partial charge in [-0.05, 0) is 37.5 Å². The number of hydrogen-bond acceptors (Lipinski definition) is 1. The molecule has 5 heteroatoms. The van der Waals surface area contributed by atoms with E-state index in [9.17, 15) is 4.79 Å². The maximum atomic E-state index is 11.5. The molecule has 0 atom stereocenters. The van der Waals surface area contributed by atoms with E-state index < -0.39 is 0 Å². The van der Waals surface area contributed by atoms with Crippen molar-refractivity contribution in [3.8, 4) is 0 Å². The Bertz CT molecular complexity index is 405. The molecular formula is C11H12Cl2N2O. The van der Waals surface area contributed by atoms with E-state index in [1.54, 1.807) is 18.2 Å². The summed E-state index contributed by atoms with van der Waals surface area (Å²) in [6.45, 7) is 0. The van der Waals surface area contributed by atoms with Crippen molar-refractivity contribution in [2.24, 2.45) is 0 Å². The number of amides is 2. The van der Waals surface area contributed by atoms with Gasteiger partial charge < -0.3 is 10.6 Å². The summed E-state index contributed by atoms with van der Waals surface area (Å²) < 4.78 is 0. The largest absolute Gasteiger partial charge is 0.335 e. The summed E-state index contributed by atoms with van der Waals surface area (Å²) in [6.07, 6.45) is 3.32. The quantitative estimate of drug-likeness (QED) is 0.835. The second-order valence-corrected chi connectivity index (χ2v) is 4.67. The molecule has 1 aromatic rings. The first-order chi connectivity index (χ1) is 7.65. The average molecular weight is 259 g/mol. The third-order valence-corrected chi connectivity index (χ3v) is 3.36. The molecule has 1 aliphatic rings. The summed E-state index contributed by atoms with van der Waals surface area (Å²) in [7, 11) is 0. The maximum Gasteiger partial charge on any atom is 0.319 e. The normalized spacial score (nSPS) is 15.4. The van der Waals surface area contributed by atoms with E-state index in [4.69, 9.17) is 23.2 Å². The molecule has 1 saturated carbocycles. The standard InChI is InChI=1S/C11H12Cl2N2O/c12-9-5-4-8(6-10(9)13)15-11(16)14-7-2-1-3-7/h4-7H,1-3H2,(H2,14,15,16). The highest BCUT2D eigenvalue weighted by Crippen LogP contribution is 2.25. The van der Waals surface area contributed by atoms with Gasteiger partial charge in [-0.1, -0.05) is 23.2 Å². The number of carbonyl (C=O) groups is 1. The predicted octanol–water partition coefficient (Wildman–Crippen LogP) is 3.67. The molecule has 2 rings (SSSR count). The van der Waals surface area contributed by atoms with Gasteiger partial charge in [-0.15, -0.1) is 0 Å². The van der Waals surface area contributed by atoms with Crippen LogP contribution < -0.4 is 10.6 Å². The van der Waals surface area contributed by atoms with Gasteiger partial charge >= 0.3 is 6.03 Å². The average Bonchev–Trinajstić information content (AvgIpc) is 2.18. The van der Waals surface area contributed by atoms with Crippen molar-refractivity contribution in [2.45, 2.75) is 25.3 Å². The zero-order valence-corrected chi connectivity index (χ0v) is 10.1. The first kappa shape index (κ1) is 11.6. The molecule has 0 spiro atoms. The number of nitrogens with one attached hydrogen (secondary N) is 2. The smallest absolute Gasteiger partial charge is 0.319 e. The van der Waals surface area contributed by atoms with Crippen molar-refractivity contribution in [1.29, 1.82) is 0 Å². The SMILES string of the molecule is O=C(Nc1ccc(Cl)c(Cl)c1)NC1CCC1. The van der Waals surface area contributed by atoms with Crippen molar-refractivity contribution in [3.63, 3.8) is 0 Å². The van der Waals surface area contributed by atoms with Crippen LogP contribution in [0.25, 0.3) is 0 Å². The van der Waals surface area contributed by atoms with Crippen LogP contribution in [-0.2, 0) is 0 Å². The van der Waals surface area contributed by atoms with Gasteiger partial charge in [0.25, 0.3) is 0 Å². The Balaban J connectivity index is 1.92. The van der Waals surface area contributed by atoms with Crippen LogP contribution in [0.2, 0.25) is 10.0 Å². The van der Waals surface area contributed by atoms with E-state index in [0.717, 1.165) is 12.8 Å². The number of carbonyl (C=O) groups excluding carboxylic acids is 1. The lowest BCUT2D eigenvalue weighted by Crippen LogP contribution is -2.41. The minimum absolute atomic E-state index is 0.192. The van der Waals surface area contributed by atoms with E-state index in [0.29, 0.717) is 21.8 Å². The molecule has 0 saturated heterocycles. The number of urea groups is 1. The van der Waals surface area contributed by atoms with Crippen LogP contribution in [0.1, 0.15) is 19.3 Å². The van der Waals surface area contributed by atoms with Gasteiger partial charge in [0.1, 0.15) is 0 Å². The number of rotatable bonds is 2. The van der Waals surface area contributed by atoms with E-state index >= 15 is 0 Å². The van der Waals surface area contributed by atoms with Crippen LogP contribution in [0.4, 0.5) is 10.5 Å². The van der Waals surface area contributed by atoms with Gasteiger partial charge in [-0.3, -0.25) is 0 Å². The van der Waals surface area contributed by atoms with Gasteiger partial charge in [0, 0.05) is 11.7 Å². The van der Waals surface area contributed by atoms with Crippen LogP contribution in [0.15, 0.2) is 18.2 Å². The molecule has 3 nitrogen and oxygen atoms in total. The van der Waals surface area contributed by atoms with Crippen LogP contribution >= 0.6 is 23.2 Å². The number of hydrogen-bond donors (Lipinski definition) is 2. The molecule has 2 N–H and O–H groups in total. The molecule has 0 unspecified atom stereocenters.